The molecule has 0 aliphatic heterocycles. The van der Waals surface area contributed by atoms with Gasteiger partial charge >= 0.3 is 0 Å². The second kappa shape index (κ2) is 9.54. The van der Waals surface area contributed by atoms with Gasteiger partial charge in [0.15, 0.2) is 28.1 Å². The molecule has 174 valence electrons. The first-order valence-electron chi connectivity index (χ1n) is 9.38. The molecule has 3 aromatic carbocycles. The van der Waals surface area contributed by atoms with Crippen molar-refractivity contribution in [2.75, 3.05) is 12.4 Å². The highest BCUT2D eigenvalue weighted by atomic mass is 127. The van der Waals surface area contributed by atoms with E-state index in [0.717, 1.165) is 16.2 Å². The van der Waals surface area contributed by atoms with Crippen molar-refractivity contribution in [2.24, 2.45) is 0 Å². The number of thiocarbonyl (C=S) groups is 1. The van der Waals surface area contributed by atoms with Gasteiger partial charge < -0.3 is 14.5 Å². The number of methoxy groups -OCH3 is 1. The number of hydrogen-bond donors (Lipinski definition) is 2. The maximum atomic E-state index is 14.2. The summed E-state index contributed by atoms with van der Waals surface area (Å²) in [5, 5.41) is 4.25. The van der Waals surface area contributed by atoms with Crippen LogP contribution in [0.1, 0.15) is 10.4 Å². The summed E-state index contributed by atoms with van der Waals surface area (Å²) in [7, 11) is 0.828. The number of nitrogens with zero attached hydrogens (tertiary/aromatic N) is 1. The zero-order chi connectivity index (χ0) is 24.6. The summed E-state index contributed by atoms with van der Waals surface area (Å²) < 4.78 is 67.2. The predicted octanol–water partition coefficient (Wildman–Crippen LogP) is 5.79. The van der Waals surface area contributed by atoms with Crippen LogP contribution in [0, 0.1) is 26.8 Å². The second-order valence-corrected chi connectivity index (χ2v) is 8.43. The maximum Gasteiger partial charge on any atom is 0.263 e. The topological polar surface area (TPSA) is 76.4 Å². The first-order valence-corrected chi connectivity index (χ1v) is 10.9. The van der Waals surface area contributed by atoms with Crippen LogP contribution in [-0.2, 0) is 0 Å². The van der Waals surface area contributed by atoms with Crippen LogP contribution in [0.15, 0.2) is 46.9 Å². The largest absolute Gasteiger partial charge is 0.491 e. The molecule has 12 heteroatoms. The van der Waals surface area contributed by atoms with Crippen molar-refractivity contribution in [3.05, 3.63) is 74.9 Å². The number of nitrogens with one attached hydrogen (secondary N) is 2. The van der Waals surface area contributed by atoms with Crippen molar-refractivity contribution in [3.8, 4) is 17.2 Å². The molecule has 1 aromatic heterocycles. The lowest BCUT2D eigenvalue weighted by Gasteiger charge is -2.12. The normalized spacial score (nSPS) is 10.9. The predicted molar refractivity (Wildman–Crippen MR) is 129 cm³/mol. The summed E-state index contributed by atoms with van der Waals surface area (Å²) in [5.41, 5.74) is 0.630. The summed E-state index contributed by atoms with van der Waals surface area (Å²) in [5.74, 6) is -9.88. The standard InChI is InChI=1S/C22H12F4IN3O3S/c1-32-19-17(25)15(23)14(16(24)18(19)26)20(31)30-22(34)28-11-6-7-13-12(8-11)29-21(33-13)9-2-4-10(27)5-3-9/h2-8H,1H3,(H2,28,30,31,34). The molecule has 0 saturated heterocycles. The summed E-state index contributed by atoms with van der Waals surface area (Å²) >= 11 is 7.17. The van der Waals surface area contributed by atoms with E-state index in [-0.39, 0.29) is 5.11 Å². The van der Waals surface area contributed by atoms with Gasteiger partial charge in [-0.1, -0.05) is 0 Å². The molecule has 0 spiro atoms. The molecule has 1 heterocycles. The number of oxazole rings is 1. The number of hydrogen-bond acceptors (Lipinski definition) is 5. The molecule has 0 saturated carbocycles. The number of carbonyl (C=O) groups is 1. The van der Waals surface area contributed by atoms with Crippen LogP contribution >= 0.6 is 34.8 Å². The van der Waals surface area contributed by atoms with E-state index in [2.05, 4.69) is 37.6 Å². The first-order chi connectivity index (χ1) is 16.2. The monoisotopic (exact) mass is 601 g/mol. The molecule has 2 N–H and O–H groups in total. The molecule has 34 heavy (non-hydrogen) atoms. The van der Waals surface area contributed by atoms with Crippen LogP contribution in [0.25, 0.3) is 22.6 Å². The van der Waals surface area contributed by atoms with Crippen molar-refractivity contribution < 1.29 is 31.5 Å². The molecule has 1 amide bonds. The summed E-state index contributed by atoms with van der Waals surface area (Å²) in [6.45, 7) is 0. The van der Waals surface area contributed by atoms with Crippen LogP contribution in [0.4, 0.5) is 23.2 Å². The number of benzene rings is 3. The SMILES string of the molecule is COc1c(F)c(F)c(C(=O)NC(=S)Nc2ccc3oc(-c4ccc(I)cc4)nc3c2)c(F)c1F. The maximum absolute atomic E-state index is 14.2. The van der Waals surface area contributed by atoms with E-state index in [0.29, 0.717) is 22.7 Å². The lowest BCUT2D eigenvalue weighted by Crippen LogP contribution is -2.35. The Labute approximate surface area is 208 Å². The Balaban J connectivity index is 1.52. The smallest absolute Gasteiger partial charge is 0.263 e. The Kier molecular flexibility index (Phi) is 6.70. The molecule has 4 aromatic rings. The number of rotatable bonds is 4. The molecule has 0 aliphatic rings. The fraction of sp³-hybridized carbons (Fsp3) is 0.0455. The first kappa shape index (κ1) is 23.9. The van der Waals surface area contributed by atoms with Gasteiger partial charge in [0.05, 0.1) is 7.11 Å². The Morgan fingerprint density at radius 2 is 1.68 bits per heavy atom. The van der Waals surface area contributed by atoms with Gasteiger partial charge in [-0.3, -0.25) is 10.1 Å². The zero-order valence-corrected chi connectivity index (χ0v) is 20.0. The molecule has 0 fully saturated rings. The molecule has 0 radical (unpaired) electrons. The van der Waals surface area contributed by atoms with E-state index in [9.17, 15) is 22.4 Å². The highest BCUT2D eigenvalue weighted by molar-refractivity contribution is 14.1. The van der Waals surface area contributed by atoms with Crippen molar-refractivity contribution >= 4 is 62.6 Å². The Morgan fingerprint density at radius 1 is 1.03 bits per heavy atom. The lowest BCUT2D eigenvalue weighted by atomic mass is 10.1. The lowest BCUT2D eigenvalue weighted by molar-refractivity contribution is 0.0966. The number of halogens is 5. The Morgan fingerprint density at radius 3 is 2.29 bits per heavy atom. The molecule has 0 bridgehead atoms. The fourth-order valence-corrected chi connectivity index (χ4v) is 3.61. The van der Waals surface area contributed by atoms with Crippen molar-refractivity contribution in [1.29, 1.82) is 0 Å². The molecular formula is C22H12F4IN3O3S. The average Bonchev–Trinajstić information content (AvgIpc) is 3.22. The average molecular weight is 601 g/mol. The third kappa shape index (κ3) is 4.55. The van der Waals surface area contributed by atoms with Gasteiger partial charge in [-0.05, 0) is 77.3 Å². The molecule has 6 nitrogen and oxygen atoms in total. The van der Waals surface area contributed by atoms with E-state index < -0.39 is 40.5 Å². The third-order valence-electron chi connectivity index (χ3n) is 4.62. The highest BCUT2D eigenvalue weighted by Gasteiger charge is 2.30. The minimum Gasteiger partial charge on any atom is -0.491 e. The number of ether oxygens (including phenoxy) is 1. The minimum absolute atomic E-state index is 0.369. The van der Waals surface area contributed by atoms with Gasteiger partial charge in [-0.15, -0.1) is 0 Å². The number of anilines is 1. The van der Waals surface area contributed by atoms with Crippen LogP contribution in [0.3, 0.4) is 0 Å². The van der Waals surface area contributed by atoms with Crippen LogP contribution < -0.4 is 15.4 Å². The summed E-state index contributed by atoms with van der Waals surface area (Å²) in [4.78, 5) is 16.7. The van der Waals surface area contributed by atoms with Gasteiger partial charge in [0, 0.05) is 14.8 Å². The van der Waals surface area contributed by atoms with E-state index in [1.807, 2.05) is 29.6 Å². The van der Waals surface area contributed by atoms with Gasteiger partial charge in [0.1, 0.15) is 11.1 Å². The summed E-state index contributed by atoms with van der Waals surface area (Å²) in [6, 6.07) is 12.3. The van der Waals surface area contributed by atoms with Gasteiger partial charge in [-0.2, -0.15) is 8.78 Å². The molecule has 0 unspecified atom stereocenters. The van der Waals surface area contributed by atoms with Crippen molar-refractivity contribution in [2.45, 2.75) is 0 Å². The van der Waals surface area contributed by atoms with Crippen molar-refractivity contribution in [3.63, 3.8) is 0 Å². The number of aromatic nitrogens is 1. The Bertz CT molecular complexity index is 1410. The number of carbonyl (C=O) groups excluding carboxylic acids is 1. The number of fused-ring (bicyclic) bond motifs is 1. The van der Waals surface area contributed by atoms with E-state index in [1.165, 1.54) is 0 Å². The second-order valence-electron chi connectivity index (χ2n) is 6.78. The highest BCUT2D eigenvalue weighted by Crippen LogP contribution is 2.30. The zero-order valence-electron chi connectivity index (χ0n) is 17.0. The van der Waals surface area contributed by atoms with E-state index in [1.54, 1.807) is 18.2 Å². The molecule has 0 atom stereocenters. The molecule has 0 aliphatic carbocycles. The van der Waals surface area contributed by atoms with Gasteiger partial charge in [-0.25, -0.2) is 13.8 Å². The molecule has 4 rings (SSSR count). The fourth-order valence-electron chi connectivity index (χ4n) is 3.04. The molecular weight excluding hydrogens is 589 g/mol. The summed E-state index contributed by atoms with van der Waals surface area (Å²) in [6.07, 6.45) is 0. The number of amides is 1. The van der Waals surface area contributed by atoms with E-state index in [4.69, 9.17) is 16.6 Å². The van der Waals surface area contributed by atoms with Crippen molar-refractivity contribution in [1.82, 2.24) is 10.3 Å². The van der Waals surface area contributed by atoms with Gasteiger partial charge in [0.2, 0.25) is 17.5 Å². The van der Waals surface area contributed by atoms with Crippen LogP contribution in [0.2, 0.25) is 0 Å². The van der Waals surface area contributed by atoms with Crippen LogP contribution in [-0.4, -0.2) is 23.1 Å². The van der Waals surface area contributed by atoms with E-state index >= 15 is 0 Å². The third-order valence-corrected chi connectivity index (χ3v) is 5.54. The minimum atomic E-state index is -1.91. The quantitative estimate of drug-likeness (QED) is 0.134. The van der Waals surface area contributed by atoms with Crippen LogP contribution in [0.5, 0.6) is 5.75 Å². The Hall–Kier alpha value is -3.26. The van der Waals surface area contributed by atoms with Gasteiger partial charge in [0.25, 0.3) is 5.91 Å².